The van der Waals surface area contributed by atoms with Crippen molar-refractivity contribution in [1.82, 2.24) is 15.3 Å². The molecule has 2 atom stereocenters. The number of nitrogens with one attached hydrogen (secondary N) is 1. The lowest BCUT2D eigenvalue weighted by Crippen LogP contribution is -2.39. The molecule has 0 bridgehead atoms. The van der Waals surface area contributed by atoms with Gasteiger partial charge in [0.15, 0.2) is 11.5 Å². The molecule has 2 aromatic heterocycles. The van der Waals surface area contributed by atoms with Crippen LogP contribution in [0.3, 0.4) is 0 Å². The Morgan fingerprint density at radius 1 is 1.11 bits per heavy atom. The standard InChI is InChI=1S/C25H27N5O5/c1-32-23-5-3-19-24(28-23)20(6-8-26-19)29-9-7-16(14-29)27-13-18-15-30(25(31)35-18)17-2-4-21-22(12-17)34-11-10-33-21/h2-6,8,12,16,18,27H,7,9-11,13-15H2,1H3. The fourth-order valence-corrected chi connectivity index (χ4v) is 4.84. The summed E-state index contributed by atoms with van der Waals surface area (Å²) < 4.78 is 22.2. The third kappa shape index (κ3) is 4.25. The number of ether oxygens (including phenoxy) is 4. The largest absolute Gasteiger partial charge is 0.486 e. The van der Waals surface area contributed by atoms with Gasteiger partial charge in [0.05, 0.1) is 30.5 Å². The average Bonchev–Trinajstić information content (AvgIpc) is 3.53. The molecular weight excluding hydrogens is 450 g/mol. The van der Waals surface area contributed by atoms with Crippen molar-refractivity contribution in [3.05, 3.63) is 42.6 Å². The Kier molecular flexibility index (Phi) is 5.65. The predicted molar refractivity (Wildman–Crippen MR) is 130 cm³/mol. The lowest BCUT2D eigenvalue weighted by Gasteiger charge is -2.21. The number of hydrogen-bond donors (Lipinski definition) is 1. The second kappa shape index (κ2) is 9.10. The lowest BCUT2D eigenvalue weighted by atomic mass is 10.2. The number of cyclic esters (lactones) is 1. The third-order valence-electron chi connectivity index (χ3n) is 6.62. The van der Waals surface area contributed by atoms with Crippen molar-refractivity contribution in [2.45, 2.75) is 18.6 Å². The first kappa shape index (κ1) is 21.7. The number of anilines is 2. The number of carbonyl (C=O) groups is 1. The minimum atomic E-state index is -0.343. The maximum Gasteiger partial charge on any atom is 0.414 e. The minimum absolute atomic E-state index is 0.225. The Bertz CT molecular complexity index is 1250. The van der Waals surface area contributed by atoms with Gasteiger partial charge in [-0.25, -0.2) is 9.78 Å². The number of pyridine rings is 2. The van der Waals surface area contributed by atoms with Crippen molar-refractivity contribution in [3.8, 4) is 17.4 Å². The van der Waals surface area contributed by atoms with Gasteiger partial charge in [-0.15, -0.1) is 0 Å². The summed E-state index contributed by atoms with van der Waals surface area (Å²) in [5.74, 6) is 1.93. The normalized spacial score (nSPS) is 21.5. The van der Waals surface area contributed by atoms with E-state index >= 15 is 0 Å². The van der Waals surface area contributed by atoms with E-state index in [1.807, 2.05) is 42.6 Å². The van der Waals surface area contributed by atoms with Crippen LogP contribution >= 0.6 is 0 Å². The Hall–Kier alpha value is -3.79. The molecule has 10 nitrogen and oxygen atoms in total. The molecule has 3 aliphatic heterocycles. The molecule has 10 heteroatoms. The van der Waals surface area contributed by atoms with Crippen molar-refractivity contribution in [2.75, 3.05) is 56.3 Å². The van der Waals surface area contributed by atoms with Gasteiger partial charge in [0, 0.05) is 44.0 Å². The number of aromatic nitrogens is 2. The third-order valence-corrected chi connectivity index (χ3v) is 6.62. The van der Waals surface area contributed by atoms with E-state index in [-0.39, 0.29) is 18.2 Å². The maximum atomic E-state index is 12.5. The van der Waals surface area contributed by atoms with Crippen LogP contribution in [0.1, 0.15) is 6.42 Å². The maximum absolute atomic E-state index is 12.5. The molecule has 0 radical (unpaired) electrons. The summed E-state index contributed by atoms with van der Waals surface area (Å²) in [6.45, 7) is 3.86. The Labute approximate surface area is 202 Å². The summed E-state index contributed by atoms with van der Waals surface area (Å²) in [6, 6.07) is 11.6. The van der Waals surface area contributed by atoms with E-state index in [1.165, 1.54) is 0 Å². The molecule has 1 N–H and O–H groups in total. The van der Waals surface area contributed by atoms with E-state index in [1.54, 1.807) is 12.0 Å². The number of rotatable bonds is 6. The average molecular weight is 478 g/mol. The van der Waals surface area contributed by atoms with Crippen LogP contribution in [-0.2, 0) is 4.74 Å². The van der Waals surface area contributed by atoms with Crippen LogP contribution in [0.25, 0.3) is 11.0 Å². The quantitative estimate of drug-likeness (QED) is 0.574. The van der Waals surface area contributed by atoms with Crippen LogP contribution in [-0.4, -0.2) is 74.7 Å². The first-order valence-electron chi connectivity index (χ1n) is 11.8. The van der Waals surface area contributed by atoms with Gasteiger partial charge in [-0.05, 0) is 30.7 Å². The van der Waals surface area contributed by atoms with Gasteiger partial charge < -0.3 is 29.2 Å². The predicted octanol–water partition coefficient (Wildman–Crippen LogP) is 2.60. The van der Waals surface area contributed by atoms with Crippen LogP contribution in [0, 0.1) is 0 Å². The molecule has 1 amide bonds. The zero-order chi connectivity index (χ0) is 23.8. The summed E-state index contributed by atoms with van der Waals surface area (Å²) in [6.07, 6.45) is 2.24. The van der Waals surface area contributed by atoms with Gasteiger partial charge in [0.2, 0.25) is 5.88 Å². The van der Waals surface area contributed by atoms with Crippen LogP contribution in [0.5, 0.6) is 17.4 Å². The Balaban J connectivity index is 1.07. The fourth-order valence-electron chi connectivity index (χ4n) is 4.84. The smallest absolute Gasteiger partial charge is 0.414 e. The van der Waals surface area contributed by atoms with Gasteiger partial charge in [0.25, 0.3) is 0 Å². The molecule has 6 rings (SSSR count). The van der Waals surface area contributed by atoms with Crippen molar-refractivity contribution in [2.24, 2.45) is 0 Å². The molecule has 0 aliphatic carbocycles. The van der Waals surface area contributed by atoms with Crippen molar-refractivity contribution >= 4 is 28.5 Å². The van der Waals surface area contributed by atoms with E-state index in [2.05, 4.69) is 20.2 Å². The summed E-state index contributed by atoms with van der Waals surface area (Å²) >= 11 is 0. The SMILES string of the molecule is COc1ccc2nccc(N3CCC(NCC4CN(c5ccc6c(c5)OCCO6)C(=O)O4)C3)c2n1. The highest BCUT2D eigenvalue weighted by Crippen LogP contribution is 2.35. The second-order valence-corrected chi connectivity index (χ2v) is 8.84. The van der Waals surface area contributed by atoms with Crippen LogP contribution < -0.4 is 29.3 Å². The fraction of sp³-hybridized carbons (Fsp3) is 0.400. The summed E-state index contributed by atoms with van der Waals surface area (Å²) in [5.41, 5.74) is 3.49. The lowest BCUT2D eigenvalue weighted by molar-refractivity contribution is 0.138. The van der Waals surface area contributed by atoms with E-state index in [4.69, 9.17) is 18.9 Å². The zero-order valence-electron chi connectivity index (χ0n) is 19.5. The van der Waals surface area contributed by atoms with Crippen LogP contribution in [0.15, 0.2) is 42.6 Å². The molecule has 182 valence electrons. The number of benzene rings is 1. The van der Waals surface area contributed by atoms with Crippen molar-refractivity contribution in [3.63, 3.8) is 0 Å². The summed E-state index contributed by atoms with van der Waals surface area (Å²) in [5, 5.41) is 3.59. The van der Waals surface area contributed by atoms with Gasteiger partial charge in [-0.1, -0.05) is 0 Å². The molecule has 35 heavy (non-hydrogen) atoms. The first-order valence-corrected chi connectivity index (χ1v) is 11.8. The van der Waals surface area contributed by atoms with E-state index < -0.39 is 0 Å². The number of hydrogen-bond acceptors (Lipinski definition) is 9. The second-order valence-electron chi connectivity index (χ2n) is 8.84. The van der Waals surface area contributed by atoms with Crippen LogP contribution in [0.2, 0.25) is 0 Å². The van der Waals surface area contributed by atoms with Gasteiger partial charge in [-0.2, -0.15) is 0 Å². The molecule has 2 fully saturated rings. The molecule has 5 heterocycles. The Morgan fingerprint density at radius 2 is 2.00 bits per heavy atom. The molecule has 2 saturated heterocycles. The van der Waals surface area contributed by atoms with E-state index in [0.717, 1.165) is 41.9 Å². The number of fused-ring (bicyclic) bond motifs is 2. The molecule has 0 spiro atoms. The minimum Gasteiger partial charge on any atom is -0.486 e. The van der Waals surface area contributed by atoms with E-state index in [0.29, 0.717) is 43.7 Å². The van der Waals surface area contributed by atoms with Crippen LogP contribution in [0.4, 0.5) is 16.2 Å². The summed E-state index contributed by atoms with van der Waals surface area (Å²) in [7, 11) is 1.62. The number of amides is 1. The van der Waals surface area contributed by atoms with Crippen molar-refractivity contribution < 1.29 is 23.7 Å². The number of methoxy groups -OCH3 is 1. The summed E-state index contributed by atoms with van der Waals surface area (Å²) in [4.78, 5) is 25.5. The molecule has 2 unspecified atom stereocenters. The van der Waals surface area contributed by atoms with Gasteiger partial charge in [0.1, 0.15) is 24.8 Å². The first-order chi connectivity index (χ1) is 17.2. The highest BCUT2D eigenvalue weighted by Gasteiger charge is 2.34. The van der Waals surface area contributed by atoms with E-state index in [9.17, 15) is 4.79 Å². The van der Waals surface area contributed by atoms with Gasteiger partial charge >= 0.3 is 6.09 Å². The van der Waals surface area contributed by atoms with Gasteiger partial charge in [-0.3, -0.25) is 9.88 Å². The number of nitrogens with zero attached hydrogens (tertiary/aromatic N) is 4. The molecule has 0 saturated carbocycles. The molecule has 3 aliphatic rings. The topological polar surface area (TPSA) is 98.3 Å². The highest BCUT2D eigenvalue weighted by atomic mass is 16.6. The Morgan fingerprint density at radius 3 is 2.89 bits per heavy atom. The zero-order valence-corrected chi connectivity index (χ0v) is 19.5. The molecule has 3 aromatic rings. The molecular formula is C25H27N5O5. The monoisotopic (exact) mass is 477 g/mol. The number of carbonyl (C=O) groups excluding carboxylic acids is 1. The highest BCUT2D eigenvalue weighted by molar-refractivity contribution is 5.90. The molecule has 1 aromatic carbocycles. The van der Waals surface area contributed by atoms with Crippen molar-refractivity contribution in [1.29, 1.82) is 0 Å².